The molecule has 1 atom stereocenters. The molecule has 13 nitrogen and oxygen atoms in total. The lowest BCUT2D eigenvalue weighted by Gasteiger charge is -2.32. The molecule has 3 amide bonds. The van der Waals surface area contributed by atoms with E-state index in [9.17, 15) is 14.4 Å². The summed E-state index contributed by atoms with van der Waals surface area (Å²) in [5, 5.41) is 6.69. The van der Waals surface area contributed by atoms with Crippen molar-refractivity contribution in [3.8, 4) is 21.8 Å². The number of fused-ring (bicyclic) bond motifs is 1. The molecular formula is C51H61FN10O3S2. The standard InChI is InChI=1S/C33H39FN6OS2.C18H22N4O2/c1-6-20-42-39-26-9-7-8-25(28(26)34)29-30(43-31(38-29)33(3,4)5)27-14-17-35-32(37-27)36-24-12-10-22(11-13-24)23-15-18-40(19-16-23)21(2)41;1-12-20(2)16-11-13(21-9-3-4-10-21)5-6-14(16)22(12)15-7-8-17(23)19-18(15)24/h7-14,17,23,39H,6,15-16,18-20H2,1-5H3,(H,35,36,37);5-6,11,15H,1,3-4,7-10H2,2H3,(H,19,23,24). The molecule has 67 heavy (non-hydrogen) atoms. The monoisotopic (exact) mass is 944 g/mol. The fourth-order valence-electron chi connectivity index (χ4n) is 8.93. The quantitative estimate of drug-likeness (QED) is 0.0660. The van der Waals surface area contributed by atoms with Crippen molar-refractivity contribution in [2.45, 2.75) is 96.9 Å². The van der Waals surface area contributed by atoms with Crippen molar-refractivity contribution in [2.24, 2.45) is 0 Å². The van der Waals surface area contributed by atoms with Gasteiger partial charge >= 0.3 is 0 Å². The molecule has 4 aliphatic heterocycles. The smallest absolute Gasteiger partial charge is 0.249 e. The van der Waals surface area contributed by atoms with Crippen LogP contribution in [0.15, 0.2) is 85.3 Å². The first kappa shape index (κ1) is 47.5. The van der Waals surface area contributed by atoms with Gasteiger partial charge in [0.15, 0.2) is 5.82 Å². The first-order valence-corrected chi connectivity index (χ1v) is 25.1. The van der Waals surface area contributed by atoms with Crippen LogP contribution in [0.3, 0.4) is 0 Å². The average molecular weight is 945 g/mol. The minimum Gasteiger partial charge on any atom is -0.371 e. The first-order valence-electron chi connectivity index (χ1n) is 23.3. The van der Waals surface area contributed by atoms with E-state index >= 15 is 4.39 Å². The highest BCUT2D eigenvalue weighted by Gasteiger charge is 2.39. The Balaban J connectivity index is 0.000000213. The molecule has 3 saturated heterocycles. The molecule has 3 aromatic carbocycles. The van der Waals surface area contributed by atoms with E-state index in [4.69, 9.17) is 9.97 Å². The zero-order valence-electron chi connectivity index (χ0n) is 39.3. The number of likely N-dealkylation sites (tertiary alicyclic amines) is 1. The van der Waals surface area contributed by atoms with Crippen molar-refractivity contribution in [3.05, 3.63) is 102 Å². The lowest BCUT2D eigenvalue weighted by atomic mass is 9.89. The van der Waals surface area contributed by atoms with Crippen LogP contribution in [0.25, 0.3) is 21.8 Å². The fourth-order valence-corrected chi connectivity index (χ4v) is 10.7. The summed E-state index contributed by atoms with van der Waals surface area (Å²) in [6.07, 6.45) is 8.03. The topological polar surface area (TPSA) is 139 Å². The molecule has 4 aliphatic rings. The summed E-state index contributed by atoms with van der Waals surface area (Å²) in [6, 6.07) is 21.6. The van der Waals surface area contributed by atoms with Gasteiger partial charge in [-0.05, 0) is 98.5 Å². The van der Waals surface area contributed by atoms with E-state index in [0.29, 0.717) is 47.3 Å². The Bertz CT molecular complexity index is 2620. The molecule has 16 heteroatoms. The zero-order chi connectivity index (χ0) is 47.4. The summed E-state index contributed by atoms with van der Waals surface area (Å²) < 4.78 is 19.0. The van der Waals surface area contributed by atoms with Crippen molar-refractivity contribution >= 4 is 75.4 Å². The number of aromatic nitrogens is 3. The Labute approximate surface area is 401 Å². The molecule has 0 bridgehead atoms. The number of piperidine rings is 2. The van der Waals surface area contributed by atoms with Gasteiger partial charge in [-0.3, -0.25) is 19.7 Å². The Hall–Kier alpha value is -6.00. The maximum Gasteiger partial charge on any atom is 0.249 e. The van der Waals surface area contributed by atoms with Gasteiger partial charge in [-0.2, -0.15) is 0 Å². The number of halogens is 1. The van der Waals surface area contributed by atoms with Crippen LogP contribution in [0.1, 0.15) is 96.1 Å². The number of nitrogens with zero attached hydrogens (tertiary/aromatic N) is 7. The van der Waals surface area contributed by atoms with Gasteiger partial charge in [0.1, 0.15) is 11.9 Å². The van der Waals surface area contributed by atoms with Crippen LogP contribution >= 0.6 is 23.3 Å². The van der Waals surface area contributed by atoms with Crippen LogP contribution in [0, 0.1) is 5.82 Å². The van der Waals surface area contributed by atoms with E-state index in [-0.39, 0.29) is 35.0 Å². The zero-order valence-corrected chi connectivity index (χ0v) is 41.0. The van der Waals surface area contributed by atoms with Gasteiger partial charge in [-0.15, -0.1) is 11.3 Å². The molecule has 3 fully saturated rings. The number of hydrogen-bond acceptors (Lipinski definition) is 13. The highest BCUT2D eigenvalue weighted by molar-refractivity contribution is 8.00. The third-order valence-electron chi connectivity index (χ3n) is 12.7. The van der Waals surface area contributed by atoms with Crippen LogP contribution in [0.5, 0.6) is 0 Å². The van der Waals surface area contributed by atoms with E-state index in [0.717, 1.165) is 84.0 Å². The number of carbonyl (C=O) groups is 3. The molecule has 0 saturated carbocycles. The molecule has 352 valence electrons. The van der Waals surface area contributed by atoms with Gasteiger partial charge in [0.05, 0.1) is 38.3 Å². The normalized spacial score (nSPS) is 17.6. The van der Waals surface area contributed by atoms with Gasteiger partial charge < -0.3 is 29.6 Å². The van der Waals surface area contributed by atoms with Gasteiger partial charge in [0.25, 0.3) is 0 Å². The molecule has 6 heterocycles. The highest BCUT2D eigenvalue weighted by Crippen LogP contribution is 2.45. The number of rotatable bonds is 11. The Morgan fingerprint density at radius 1 is 0.970 bits per heavy atom. The van der Waals surface area contributed by atoms with Crippen molar-refractivity contribution < 1.29 is 18.8 Å². The number of carbonyl (C=O) groups excluding carboxylic acids is 3. The second-order valence-electron chi connectivity index (χ2n) is 18.5. The Kier molecular flexibility index (Phi) is 14.5. The van der Waals surface area contributed by atoms with E-state index < -0.39 is 0 Å². The average Bonchev–Trinajstić information content (AvgIpc) is 4.08. The maximum atomic E-state index is 15.8. The van der Waals surface area contributed by atoms with Crippen molar-refractivity contribution in [1.82, 2.24) is 25.2 Å². The number of benzene rings is 3. The largest absolute Gasteiger partial charge is 0.371 e. The summed E-state index contributed by atoms with van der Waals surface area (Å²) in [4.78, 5) is 58.7. The van der Waals surface area contributed by atoms with E-state index in [1.165, 1.54) is 47.4 Å². The second-order valence-corrected chi connectivity index (χ2v) is 20.4. The highest BCUT2D eigenvalue weighted by atomic mass is 32.2. The van der Waals surface area contributed by atoms with Gasteiger partial charge in [0.2, 0.25) is 23.7 Å². The Morgan fingerprint density at radius 2 is 1.72 bits per heavy atom. The number of nitrogens with one attached hydrogen (secondary N) is 3. The van der Waals surface area contributed by atoms with Crippen molar-refractivity contribution in [2.75, 3.05) is 63.7 Å². The molecule has 0 spiro atoms. The summed E-state index contributed by atoms with van der Waals surface area (Å²) >= 11 is 3.04. The molecule has 2 aromatic heterocycles. The summed E-state index contributed by atoms with van der Waals surface area (Å²) in [5.74, 6) is 1.97. The molecule has 5 aromatic rings. The number of imide groups is 1. The molecule has 0 aliphatic carbocycles. The maximum absolute atomic E-state index is 15.8. The van der Waals surface area contributed by atoms with Gasteiger partial charge in [-0.25, -0.2) is 19.3 Å². The second kappa shape index (κ2) is 20.5. The van der Waals surface area contributed by atoms with Gasteiger partial charge in [0, 0.05) is 80.9 Å². The molecule has 1 unspecified atom stereocenters. The lowest BCUT2D eigenvalue weighted by molar-refractivity contribution is -0.134. The van der Waals surface area contributed by atoms with E-state index in [1.54, 1.807) is 25.3 Å². The predicted octanol–water partition coefficient (Wildman–Crippen LogP) is 10.5. The van der Waals surface area contributed by atoms with E-state index in [2.05, 4.69) is 89.8 Å². The first-order chi connectivity index (χ1) is 32.2. The van der Waals surface area contributed by atoms with Crippen LogP contribution in [-0.4, -0.2) is 82.6 Å². The minimum atomic E-state index is -0.378. The number of amides is 3. The SMILES string of the molecule is C=C1N(C)c2cc(N3CCCC3)ccc2N1C1CCC(=O)NC1=O.CCCSNc1cccc(-c2nc(C(C)(C)C)sc2-c2ccnc(Nc3ccc(C4CCN(C(C)=O)CC4)cc3)n2)c1F. The predicted molar refractivity (Wildman–Crippen MR) is 272 cm³/mol. The van der Waals surface area contributed by atoms with Crippen molar-refractivity contribution in [1.29, 1.82) is 0 Å². The summed E-state index contributed by atoms with van der Waals surface area (Å²) in [6.45, 7) is 18.0. The third kappa shape index (κ3) is 10.6. The molecule has 0 radical (unpaired) electrons. The van der Waals surface area contributed by atoms with Crippen LogP contribution in [-0.2, 0) is 19.8 Å². The number of hydrogen-bond donors (Lipinski definition) is 3. The molecule has 9 rings (SSSR count). The number of thiazole rings is 1. The fraction of sp³-hybridized carbons (Fsp3) is 0.412. The molecule has 3 N–H and O–H groups in total. The summed E-state index contributed by atoms with van der Waals surface area (Å²) in [5.41, 5.74) is 7.39. The van der Waals surface area contributed by atoms with Gasteiger partial charge in [-0.1, -0.05) is 64.4 Å². The van der Waals surface area contributed by atoms with Crippen LogP contribution in [0.2, 0.25) is 0 Å². The van der Waals surface area contributed by atoms with Crippen LogP contribution in [0.4, 0.5) is 38.8 Å². The summed E-state index contributed by atoms with van der Waals surface area (Å²) in [7, 11) is 1.97. The number of anilines is 6. The molecular weight excluding hydrogens is 884 g/mol. The van der Waals surface area contributed by atoms with E-state index in [1.807, 2.05) is 46.0 Å². The van der Waals surface area contributed by atoms with Crippen molar-refractivity contribution in [3.63, 3.8) is 0 Å². The Morgan fingerprint density at radius 3 is 2.40 bits per heavy atom. The van der Waals surface area contributed by atoms with Crippen LogP contribution < -0.4 is 30.1 Å². The minimum absolute atomic E-state index is 0.150. The lowest BCUT2D eigenvalue weighted by Crippen LogP contribution is -2.52. The third-order valence-corrected chi connectivity index (χ3v) is 15.2.